The second-order valence-corrected chi connectivity index (χ2v) is 5.62. The average Bonchev–Trinajstić information content (AvgIpc) is 2.59. The fourth-order valence-electron chi connectivity index (χ4n) is 2.70. The minimum atomic E-state index is -4.71. The number of pyridine rings is 1. The number of aryl methyl sites for hydroxylation is 1. The Morgan fingerprint density at radius 1 is 0.885 bits per heavy atom. The van der Waals surface area contributed by atoms with E-state index in [0.717, 1.165) is 10.9 Å². The zero-order valence-electron chi connectivity index (χ0n) is 14.3. The van der Waals surface area contributed by atoms with E-state index in [-0.39, 0.29) is 5.75 Å². The second-order valence-electron chi connectivity index (χ2n) is 5.62. The van der Waals surface area contributed by atoms with Crippen LogP contribution in [-0.4, -0.2) is 25.6 Å². The van der Waals surface area contributed by atoms with Crippen molar-refractivity contribution >= 4 is 10.9 Å². The summed E-state index contributed by atoms with van der Waals surface area (Å²) in [6.07, 6.45) is -4.71. The molecule has 0 N–H and O–H groups in total. The Balaban J connectivity index is 2.03. The Labute approximate surface area is 148 Å². The van der Waals surface area contributed by atoms with Crippen LogP contribution in [0.2, 0.25) is 0 Å². The predicted octanol–water partition coefficient (Wildman–Crippen LogP) is 5.13. The molecule has 0 atom stereocenters. The van der Waals surface area contributed by atoms with Crippen LogP contribution in [0.25, 0.3) is 22.2 Å². The van der Waals surface area contributed by atoms with E-state index in [1.807, 2.05) is 19.1 Å². The molecule has 0 spiro atoms. The van der Waals surface area contributed by atoms with Gasteiger partial charge in [0.05, 0.1) is 25.4 Å². The number of hydrogen-bond acceptors (Lipinski definition) is 4. The van der Waals surface area contributed by atoms with Gasteiger partial charge in [-0.3, -0.25) is 0 Å². The van der Waals surface area contributed by atoms with E-state index >= 15 is 0 Å². The summed E-state index contributed by atoms with van der Waals surface area (Å²) in [5, 5.41) is 0.906. The average molecular weight is 363 g/mol. The molecule has 0 fully saturated rings. The van der Waals surface area contributed by atoms with Crippen molar-refractivity contribution in [2.75, 3.05) is 14.2 Å². The highest BCUT2D eigenvalue weighted by Crippen LogP contribution is 2.34. The molecule has 0 unspecified atom stereocenters. The van der Waals surface area contributed by atoms with Gasteiger partial charge in [-0.1, -0.05) is 0 Å². The van der Waals surface area contributed by atoms with E-state index in [4.69, 9.17) is 9.47 Å². The van der Waals surface area contributed by atoms with E-state index in [9.17, 15) is 13.2 Å². The molecule has 0 bridgehead atoms. The third kappa shape index (κ3) is 3.66. The molecule has 0 aliphatic heterocycles. The molecule has 136 valence electrons. The molecule has 1 aromatic heterocycles. The summed E-state index contributed by atoms with van der Waals surface area (Å²) >= 11 is 0. The summed E-state index contributed by atoms with van der Waals surface area (Å²) < 4.78 is 51.3. The fourth-order valence-corrected chi connectivity index (χ4v) is 2.70. The molecule has 7 heteroatoms. The highest BCUT2D eigenvalue weighted by Gasteiger charge is 2.31. The number of fused-ring (bicyclic) bond motifs is 1. The Morgan fingerprint density at radius 2 is 1.50 bits per heavy atom. The summed E-state index contributed by atoms with van der Waals surface area (Å²) in [5.74, 6) is 0.884. The molecule has 3 rings (SSSR count). The fraction of sp³-hybridized carbons (Fsp3) is 0.211. The van der Waals surface area contributed by atoms with Gasteiger partial charge in [-0.15, -0.1) is 13.2 Å². The molecule has 0 saturated carbocycles. The molecule has 26 heavy (non-hydrogen) atoms. The lowest BCUT2D eigenvalue weighted by atomic mass is 10.0. The number of benzene rings is 2. The third-order valence-corrected chi connectivity index (χ3v) is 3.90. The van der Waals surface area contributed by atoms with Gasteiger partial charge in [-0.05, 0) is 48.9 Å². The molecular formula is C19H16F3NO3. The number of hydrogen-bond donors (Lipinski definition) is 0. The number of nitrogens with zero attached hydrogens (tertiary/aromatic N) is 1. The van der Waals surface area contributed by atoms with Gasteiger partial charge in [0.15, 0.2) is 11.5 Å². The van der Waals surface area contributed by atoms with Crippen LogP contribution in [0.5, 0.6) is 17.2 Å². The molecular weight excluding hydrogens is 347 g/mol. The van der Waals surface area contributed by atoms with Crippen LogP contribution in [0.3, 0.4) is 0 Å². The first-order valence-corrected chi connectivity index (χ1v) is 7.70. The topological polar surface area (TPSA) is 40.6 Å². The maximum absolute atomic E-state index is 12.3. The summed E-state index contributed by atoms with van der Waals surface area (Å²) in [7, 11) is 3.10. The van der Waals surface area contributed by atoms with Crippen molar-refractivity contribution in [1.82, 2.24) is 4.98 Å². The molecule has 0 saturated heterocycles. The van der Waals surface area contributed by atoms with Crippen molar-refractivity contribution in [3.8, 4) is 28.5 Å². The Kier molecular flexibility index (Phi) is 4.63. The summed E-state index contributed by atoms with van der Waals surface area (Å²) in [5.41, 5.74) is 2.98. The van der Waals surface area contributed by atoms with E-state index in [0.29, 0.717) is 28.3 Å². The van der Waals surface area contributed by atoms with Crippen LogP contribution in [0, 0.1) is 6.92 Å². The first-order chi connectivity index (χ1) is 12.3. The number of alkyl halides is 3. The van der Waals surface area contributed by atoms with Gasteiger partial charge in [0, 0.05) is 17.0 Å². The molecule has 3 aromatic rings. The van der Waals surface area contributed by atoms with Crippen molar-refractivity contribution < 1.29 is 27.4 Å². The summed E-state index contributed by atoms with van der Waals surface area (Å²) in [6.45, 7) is 1.93. The molecule has 0 aliphatic rings. The summed E-state index contributed by atoms with van der Waals surface area (Å²) in [4.78, 5) is 4.60. The van der Waals surface area contributed by atoms with Crippen molar-refractivity contribution in [3.63, 3.8) is 0 Å². The van der Waals surface area contributed by atoms with E-state index in [1.54, 1.807) is 20.3 Å². The predicted molar refractivity (Wildman–Crippen MR) is 91.7 cm³/mol. The van der Waals surface area contributed by atoms with E-state index in [1.165, 1.54) is 24.3 Å². The lowest BCUT2D eigenvalue weighted by molar-refractivity contribution is -0.274. The van der Waals surface area contributed by atoms with Crippen LogP contribution < -0.4 is 14.2 Å². The molecule has 0 radical (unpaired) electrons. The van der Waals surface area contributed by atoms with Gasteiger partial charge in [0.1, 0.15) is 5.75 Å². The first-order valence-electron chi connectivity index (χ1n) is 7.70. The largest absolute Gasteiger partial charge is 0.573 e. The van der Waals surface area contributed by atoms with Crippen LogP contribution in [0.15, 0.2) is 42.5 Å². The summed E-state index contributed by atoms with van der Waals surface area (Å²) in [6, 6.07) is 11.1. The lowest BCUT2D eigenvalue weighted by Crippen LogP contribution is -2.16. The first kappa shape index (κ1) is 17.8. The van der Waals surface area contributed by atoms with Gasteiger partial charge in [-0.25, -0.2) is 4.98 Å². The van der Waals surface area contributed by atoms with Gasteiger partial charge >= 0.3 is 6.36 Å². The van der Waals surface area contributed by atoms with Crippen LogP contribution >= 0.6 is 0 Å². The Morgan fingerprint density at radius 3 is 2.08 bits per heavy atom. The zero-order chi connectivity index (χ0) is 18.9. The smallest absolute Gasteiger partial charge is 0.493 e. The SMILES string of the molecule is COc1cc2nc(-c3ccc(OC(F)(F)F)cc3)cc(C)c2cc1OC. The number of aromatic nitrogens is 1. The minimum Gasteiger partial charge on any atom is -0.493 e. The number of ether oxygens (including phenoxy) is 3. The lowest BCUT2D eigenvalue weighted by Gasteiger charge is -2.12. The van der Waals surface area contributed by atoms with Crippen LogP contribution in [-0.2, 0) is 0 Å². The molecule has 2 aromatic carbocycles. The Bertz CT molecular complexity index is 937. The van der Waals surface area contributed by atoms with Crippen LogP contribution in [0.1, 0.15) is 5.56 Å². The third-order valence-electron chi connectivity index (χ3n) is 3.90. The standard InChI is InChI=1S/C19H16F3NO3/c1-11-8-15(12-4-6-13(7-5-12)26-19(20,21)22)23-16-10-18(25-3)17(24-2)9-14(11)16/h4-10H,1-3H3. The van der Waals surface area contributed by atoms with Crippen molar-refractivity contribution in [3.05, 3.63) is 48.0 Å². The second kappa shape index (κ2) is 6.74. The maximum Gasteiger partial charge on any atom is 0.573 e. The minimum absolute atomic E-state index is 0.273. The highest BCUT2D eigenvalue weighted by atomic mass is 19.4. The van der Waals surface area contributed by atoms with Crippen molar-refractivity contribution in [2.24, 2.45) is 0 Å². The zero-order valence-corrected chi connectivity index (χ0v) is 14.3. The van der Waals surface area contributed by atoms with Gasteiger partial charge in [0.2, 0.25) is 0 Å². The molecule has 1 heterocycles. The highest BCUT2D eigenvalue weighted by molar-refractivity contribution is 5.88. The maximum atomic E-state index is 12.3. The monoisotopic (exact) mass is 363 g/mol. The molecule has 4 nitrogen and oxygen atoms in total. The Hall–Kier alpha value is -2.96. The van der Waals surface area contributed by atoms with Crippen molar-refractivity contribution in [2.45, 2.75) is 13.3 Å². The van der Waals surface area contributed by atoms with Gasteiger partial charge in [0.25, 0.3) is 0 Å². The van der Waals surface area contributed by atoms with E-state index < -0.39 is 6.36 Å². The van der Waals surface area contributed by atoms with Gasteiger partial charge in [-0.2, -0.15) is 0 Å². The number of methoxy groups -OCH3 is 2. The molecule has 0 aliphatic carbocycles. The van der Waals surface area contributed by atoms with Gasteiger partial charge < -0.3 is 14.2 Å². The number of rotatable bonds is 4. The van der Waals surface area contributed by atoms with Crippen LogP contribution in [0.4, 0.5) is 13.2 Å². The van der Waals surface area contributed by atoms with Crippen molar-refractivity contribution in [1.29, 1.82) is 0 Å². The quantitative estimate of drug-likeness (QED) is 0.645. The molecule has 0 amide bonds. The van der Waals surface area contributed by atoms with E-state index in [2.05, 4.69) is 9.72 Å². The number of halogens is 3. The normalized spacial score (nSPS) is 11.5.